The average molecular weight is 166 g/mol. The molecule has 66 valence electrons. The molecule has 3 nitrogen and oxygen atoms in total. The Morgan fingerprint density at radius 3 is 2.83 bits per heavy atom. The SMILES string of the molecule is C#CCC(N)C(=O)N(C)C1CC1. The second kappa shape index (κ2) is 3.59. The van der Waals surface area contributed by atoms with Crippen LogP contribution in [0.3, 0.4) is 0 Å². The first-order valence-electron chi connectivity index (χ1n) is 4.12. The molecule has 12 heavy (non-hydrogen) atoms. The highest BCUT2D eigenvalue weighted by molar-refractivity contribution is 5.82. The van der Waals surface area contributed by atoms with Crippen LogP contribution in [0.25, 0.3) is 0 Å². The van der Waals surface area contributed by atoms with Gasteiger partial charge in [-0.15, -0.1) is 12.3 Å². The number of carbonyl (C=O) groups is 1. The van der Waals surface area contributed by atoms with Gasteiger partial charge in [0.2, 0.25) is 5.91 Å². The van der Waals surface area contributed by atoms with Gasteiger partial charge in [-0.3, -0.25) is 4.79 Å². The van der Waals surface area contributed by atoms with Gasteiger partial charge in [-0.1, -0.05) is 0 Å². The van der Waals surface area contributed by atoms with Gasteiger partial charge in [-0.05, 0) is 12.8 Å². The van der Waals surface area contributed by atoms with Crippen LogP contribution in [0, 0.1) is 12.3 Å². The van der Waals surface area contributed by atoms with Crippen molar-refractivity contribution in [2.45, 2.75) is 31.3 Å². The normalized spacial score (nSPS) is 18.1. The van der Waals surface area contributed by atoms with E-state index in [0.717, 1.165) is 12.8 Å². The third-order valence-corrected chi connectivity index (χ3v) is 2.10. The van der Waals surface area contributed by atoms with Crippen LogP contribution < -0.4 is 5.73 Å². The molecule has 1 unspecified atom stereocenters. The Kier molecular flexibility index (Phi) is 2.72. The number of terminal acetylenes is 1. The number of nitrogens with zero attached hydrogens (tertiary/aromatic N) is 1. The number of amides is 1. The molecule has 1 amide bonds. The van der Waals surface area contributed by atoms with Crippen LogP contribution in [0.2, 0.25) is 0 Å². The van der Waals surface area contributed by atoms with Gasteiger partial charge in [0.05, 0.1) is 6.04 Å². The molecule has 1 rings (SSSR count). The first-order chi connectivity index (χ1) is 5.66. The van der Waals surface area contributed by atoms with Crippen molar-refractivity contribution in [3.63, 3.8) is 0 Å². The summed E-state index contributed by atoms with van der Waals surface area (Å²) in [7, 11) is 1.79. The molecule has 1 fully saturated rings. The van der Waals surface area contributed by atoms with Gasteiger partial charge in [-0.2, -0.15) is 0 Å². The minimum absolute atomic E-state index is 0.0320. The fourth-order valence-corrected chi connectivity index (χ4v) is 1.12. The van der Waals surface area contributed by atoms with Gasteiger partial charge in [0.15, 0.2) is 0 Å². The van der Waals surface area contributed by atoms with Crippen molar-refractivity contribution >= 4 is 5.91 Å². The van der Waals surface area contributed by atoms with E-state index in [1.807, 2.05) is 0 Å². The van der Waals surface area contributed by atoms with E-state index in [1.54, 1.807) is 11.9 Å². The van der Waals surface area contributed by atoms with Crippen molar-refractivity contribution in [3.05, 3.63) is 0 Å². The highest BCUT2D eigenvalue weighted by atomic mass is 16.2. The van der Waals surface area contributed by atoms with Crippen LogP contribution in [0.1, 0.15) is 19.3 Å². The zero-order chi connectivity index (χ0) is 9.14. The second-order valence-electron chi connectivity index (χ2n) is 3.20. The zero-order valence-corrected chi connectivity index (χ0v) is 7.29. The molecule has 1 saturated carbocycles. The Hall–Kier alpha value is -1.01. The Bertz CT molecular complexity index is 215. The number of carbonyl (C=O) groups excluding carboxylic acids is 1. The largest absolute Gasteiger partial charge is 0.341 e. The fourth-order valence-electron chi connectivity index (χ4n) is 1.12. The number of nitrogens with two attached hydrogens (primary N) is 1. The monoisotopic (exact) mass is 166 g/mol. The van der Waals surface area contributed by atoms with E-state index < -0.39 is 6.04 Å². The lowest BCUT2D eigenvalue weighted by Gasteiger charge is -2.19. The lowest BCUT2D eigenvalue weighted by molar-refractivity contribution is -0.131. The van der Waals surface area contributed by atoms with E-state index in [1.165, 1.54) is 0 Å². The standard InChI is InChI=1S/C9H14N2O/c1-3-4-8(10)9(12)11(2)7-5-6-7/h1,7-8H,4-6,10H2,2H3. The second-order valence-corrected chi connectivity index (χ2v) is 3.20. The van der Waals surface area contributed by atoms with Crippen molar-refractivity contribution in [2.75, 3.05) is 7.05 Å². The van der Waals surface area contributed by atoms with E-state index in [2.05, 4.69) is 5.92 Å². The minimum Gasteiger partial charge on any atom is -0.341 e. The molecule has 0 spiro atoms. The number of hydrogen-bond donors (Lipinski definition) is 1. The van der Waals surface area contributed by atoms with Gasteiger partial charge in [-0.25, -0.2) is 0 Å². The maximum atomic E-state index is 11.4. The summed E-state index contributed by atoms with van der Waals surface area (Å²) in [6.07, 6.45) is 7.59. The Morgan fingerprint density at radius 1 is 1.83 bits per heavy atom. The van der Waals surface area contributed by atoms with Gasteiger partial charge in [0.1, 0.15) is 0 Å². The van der Waals surface area contributed by atoms with Gasteiger partial charge in [0, 0.05) is 19.5 Å². The molecule has 1 aliphatic rings. The highest BCUT2D eigenvalue weighted by Gasteiger charge is 2.31. The molecule has 3 heteroatoms. The number of rotatable bonds is 3. The Balaban J connectivity index is 2.40. The fraction of sp³-hybridized carbons (Fsp3) is 0.667. The number of hydrogen-bond acceptors (Lipinski definition) is 2. The van der Waals surface area contributed by atoms with Crippen LogP contribution in [0.5, 0.6) is 0 Å². The molecule has 0 aromatic heterocycles. The zero-order valence-electron chi connectivity index (χ0n) is 7.29. The summed E-state index contributed by atoms with van der Waals surface area (Å²) in [4.78, 5) is 13.1. The van der Waals surface area contributed by atoms with Crippen molar-refractivity contribution in [3.8, 4) is 12.3 Å². The van der Waals surface area contributed by atoms with Crippen molar-refractivity contribution in [1.82, 2.24) is 4.90 Å². The molecule has 0 radical (unpaired) electrons. The molecule has 0 aliphatic heterocycles. The molecular weight excluding hydrogens is 152 g/mol. The van der Waals surface area contributed by atoms with Crippen molar-refractivity contribution in [1.29, 1.82) is 0 Å². The van der Waals surface area contributed by atoms with Crippen LogP contribution in [-0.2, 0) is 4.79 Å². The topological polar surface area (TPSA) is 46.3 Å². The molecule has 2 N–H and O–H groups in total. The van der Waals surface area contributed by atoms with Crippen LogP contribution >= 0.6 is 0 Å². The molecule has 1 atom stereocenters. The summed E-state index contributed by atoms with van der Waals surface area (Å²) < 4.78 is 0. The summed E-state index contributed by atoms with van der Waals surface area (Å²) in [6, 6.07) is -0.0954. The predicted molar refractivity (Wildman–Crippen MR) is 47.2 cm³/mol. The lowest BCUT2D eigenvalue weighted by Crippen LogP contribution is -2.42. The lowest BCUT2D eigenvalue weighted by atomic mass is 10.2. The van der Waals surface area contributed by atoms with E-state index in [-0.39, 0.29) is 5.91 Å². The van der Waals surface area contributed by atoms with Crippen LogP contribution in [0.15, 0.2) is 0 Å². The quantitative estimate of drug-likeness (QED) is 0.598. The van der Waals surface area contributed by atoms with Gasteiger partial charge >= 0.3 is 0 Å². The summed E-state index contributed by atoms with van der Waals surface area (Å²) in [6.45, 7) is 0. The van der Waals surface area contributed by atoms with Crippen LogP contribution in [-0.4, -0.2) is 29.9 Å². The first kappa shape index (κ1) is 9.08. The molecule has 0 aromatic carbocycles. The first-order valence-corrected chi connectivity index (χ1v) is 4.12. The summed E-state index contributed by atoms with van der Waals surface area (Å²) in [5.41, 5.74) is 5.56. The highest BCUT2D eigenvalue weighted by Crippen LogP contribution is 2.25. The third-order valence-electron chi connectivity index (χ3n) is 2.10. The molecule has 1 aliphatic carbocycles. The predicted octanol–water partition coefficient (Wildman–Crippen LogP) is -0.0422. The average Bonchev–Trinajstić information content (AvgIpc) is 2.84. The van der Waals surface area contributed by atoms with Crippen LogP contribution in [0.4, 0.5) is 0 Å². The van der Waals surface area contributed by atoms with E-state index >= 15 is 0 Å². The van der Waals surface area contributed by atoms with Gasteiger partial charge in [0.25, 0.3) is 0 Å². The molecule has 0 aromatic rings. The minimum atomic E-state index is -0.513. The van der Waals surface area contributed by atoms with Crippen molar-refractivity contribution in [2.24, 2.45) is 5.73 Å². The number of likely N-dealkylation sites (N-methyl/N-ethyl adjacent to an activating group) is 1. The summed E-state index contributed by atoms with van der Waals surface area (Å²) in [5.74, 6) is 2.36. The molecular formula is C9H14N2O. The molecule has 0 saturated heterocycles. The maximum Gasteiger partial charge on any atom is 0.240 e. The maximum absolute atomic E-state index is 11.4. The summed E-state index contributed by atoms with van der Waals surface area (Å²) >= 11 is 0. The van der Waals surface area contributed by atoms with E-state index in [4.69, 9.17) is 12.2 Å². The molecule has 0 heterocycles. The summed E-state index contributed by atoms with van der Waals surface area (Å²) in [5, 5.41) is 0. The Labute approximate surface area is 72.9 Å². The van der Waals surface area contributed by atoms with Gasteiger partial charge < -0.3 is 10.6 Å². The smallest absolute Gasteiger partial charge is 0.240 e. The van der Waals surface area contributed by atoms with E-state index in [0.29, 0.717) is 12.5 Å². The van der Waals surface area contributed by atoms with E-state index in [9.17, 15) is 4.79 Å². The van der Waals surface area contributed by atoms with Crippen molar-refractivity contribution < 1.29 is 4.79 Å². The Morgan fingerprint density at radius 2 is 2.42 bits per heavy atom. The third kappa shape index (κ3) is 1.99. The molecule has 0 bridgehead atoms.